The van der Waals surface area contributed by atoms with Gasteiger partial charge in [0, 0.05) is 24.2 Å². The van der Waals surface area contributed by atoms with Crippen molar-refractivity contribution in [1.29, 1.82) is 0 Å². The zero-order chi connectivity index (χ0) is 12.6. The molecular weight excluding hydrogens is 210 g/mol. The minimum atomic E-state index is 0.429. The van der Waals surface area contributed by atoms with E-state index in [9.17, 15) is 0 Å². The van der Waals surface area contributed by atoms with Crippen LogP contribution in [0.25, 0.3) is 10.9 Å². The van der Waals surface area contributed by atoms with E-state index < -0.39 is 0 Å². The van der Waals surface area contributed by atoms with Gasteiger partial charge in [-0.1, -0.05) is 12.1 Å². The fraction of sp³-hybridized carbons (Fsp3) is 0.429. The molecule has 1 aromatic carbocycles. The number of rotatable bonds is 3. The number of hydrogen-bond acceptors (Lipinski definition) is 2. The van der Waals surface area contributed by atoms with Crippen molar-refractivity contribution >= 4 is 16.6 Å². The molecule has 1 aromatic heterocycles. The van der Waals surface area contributed by atoms with Crippen molar-refractivity contribution in [3.05, 3.63) is 30.0 Å². The molecule has 0 saturated carbocycles. The highest BCUT2D eigenvalue weighted by Gasteiger charge is 2.12. The Morgan fingerprint density at radius 1 is 1.29 bits per heavy atom. The van der Waals surface area contributed by atoms with Gasteiger partial charge in [-0.25, -0.2) is 0 Å². The van der Waals surface area contributed by atoms with E-state index in [0.717, 1.165) is 12.2 Å². The van der Waals surface area contributed by atoms with Crippen LogP contribution in [-0.2, 0) is 6.54 Å². The van der Waals surface area contributed by atoms with E-state index in [1.165, 1.54) is 16.5 Å². The molecule has 0 atom stereocenters. The van der Waals surface area contributed by atoms with Gasteiger partial charge in [0.1, 0.15) is 0 Å². The number of aromatic nitrogens is 1. The lowest BCUT2D eigenvalue weighted by Gasteiger charge is -2.10. The van der Waals surface area contributed by atoms with E-state index >= 15 is 0 Å². The lowest BCUT2D eigenvalue weighted by molar-refractivity contribution is 0.403. The maximum absolute atomic E-state index is 6.10. The van der Waals surface area contributed by atoms with Crippen molar-refractivity contribution in [2.45, 2.75) is 26.4 Å². The molecule has 3 nitrogen and oxygen atoms in total. The molecule has 2 N–H and O–H groups in total. The van der Waals surface area contributed by atoms with E-state index in [4.69, 9.17) is 5.73 Å². The van der Waals surface area contributed by atoms with Crippen LogP contribution in [0.5, 0.6) is 0 Å². The zero-order valence-electron chi connectivity index (χ0n) is 11.1. The van der Waals surface area contributed by atoms with E-state index in [1.54, 1.807) is 0 Å². The van der Waals surface area contributed by atoms with Crippen molar-refractivity contribution < 1.29 is 0 Å². The van der Waals surface area contributed by atoms with Crippen LogP contribution >= 0.6 is 0 Å². The summed E-state index contributed by atoms with van der Waals surface area (Å²) in [5.74, 6) is 0. The summed E-state index contributed by atoms with van der Waals surface area (Å²) in [4.78, 5) is 2.18. The quantitative estimate of drug-likeness (QED) is 0.824. The first-order valence-electron chi connectivity index (χ1n) is 6.03. The van der Waals surface area contributed by atoms with Gasteiger partial charge in [0.25, 0.3) is 0 Å². The van der Waals surface area contributed by atoms with E-state index in [1.807, 2.05) is 12.1 Å². The Balaban J connectivity index is 2.66. The fourth-order valence-electron chi connectivity index (χ4n) is 2.28. The Hall–Kier alpha value is -1.48. The van der Waals surface area contributed by atoms with Crippen molar-refractivity contribution in [2.75, 3.05) is 19.8 Å². The molecule has 0 bridgehead atoms. The SMILES string of the molecule is CC(C)n1cc(CN(C)C)c2cccc(N)c21. The monoisotopic (exact) mass is 231 g/mol. The van der Waals surface area contributed by atoms with Crippen molar-refractivity contribution in [3.8, 4) is 0 Å². The van der Waals surface area contributed by atoms with Gasteiger partial charge in [-0.3, -0.25) is 0 Å². The normalized spacial score (nSPS) is 11.9. The summed E-state index contributed by atoms with van der Waals surface area (Å²) < 4.78 is 2.27. The molecular formula is C14H21N3. The molecule has 0 amide bonds. The maximum atomic E-state index is 6.10. The largest absolute Gasteiger partial charge is 0.397 e. The van der Waals surface area contributed by atoms with Gasteiger partial charge in [0.2, 0.25) is 0 Å². The zero-order valence-corrected chi connectivity index (χ0v) is 11.1. The highest BCUT2D eigenvalue weighted by Crippen LogP contribution is 2.29. The molecule has 0 aliphatic rings. The average Bonchev–Trinajstić information content (AvgIpc) is 2.58. The van der Waals surface area contributed by atoms with Crippen LogP contribution in [0.1, 0.15) is 25.5 Å². The molecule has 0 unspecified atom stereocenters. The Morgan fingerprint density at radius 2 is 2.00 bits per heavy atom. The minimum Gasteiger partial charge on any atom is -0.397 e. The molecule has 3 heteroatoms. The fourth-order valence-corrected chi connectivity index (χ4v) is 2.28. The second-order valence-corrected chi connectivity index (χ2v) is 5.14. The third-order valence-electron chi connectivity index (χ3n) is 3.01. The smallest absolute Gasteiger partial charge is 0.0719 e. The molecule has 92 valence electrons. The van der Waals surface area contributed by atoms with Gasteiger partial charge in [-0.2, -0.15) is 0 Å². The maximum Gasteiger partial charge on any atom is 0.0719 e. The molecule has 0 aliphatic carbocycles. The van der Waals surface area contributed by atoms with Gasteiger partial charge in [-0.05, 0) is 39.6 Å². The Kier molecular flexibility index (Phi) is 3.11. The standard InChI is InChI=1S/C14H21N3/c1-10(2)17-9-11(8-16(3)4)12-6-5-7-13(15)14(12)17/h5-7,9-10H,8,15H2,1-4H3. The molecule has 2 rings (SSSR count). The van der Waals surface area contributed by atoms with Gasteiger partial charge in [0.15, 0.2) is 0 Å². The van der Waals surface area contributed by atoms with Gasteiger partial charge in [0.05, 0.1) is 11.2 Å². The van der Waals surface area contributed by atoms with Crippen LogP contribution in [0, 0.1) is 0 Å². The Labute approximate surface area is 103 Å². The van der Waals surface area contributed by atoms with Crippen molar-refractivity contribution in [2.24, 2.45) is 0 Å². The minimum absolute atomic E-state index is 0.429. The number of para-hydroxylation sites is 1. The molecule has 2 aromatic rings. The molecule has 0 radical (unpaired) electrons. The van der Waals surface area contributed by atoms with Crippen LogP contribution in [-0.4, -0.2) is 23.6 Å². The molecule has 1 heterocycles. The van der Waals surface area contributed by atoms with E-state index in [-0.39, 0.29) is 0 Å². The van der Waals surface area contributed by atoms with E-state index in [2.05, 4.69) is 49.7 Å². The Morgan fingerprint density at radius 3 is 2.59 bits per heavy atom. The summed E-state index contributed by atoms with van der Waals surface area (Å²) in [6, 6.07) is 6.59. The van der Waals surface area contributed by atoms with E-state index in [0.29, 0.717) is 6.04 Å². The van der Waals surface area contributed by atoms with Crippen LogP contribution < -0.4 is 5.73 Å². The predicted octanol–water partition coefficient (Wildman–Crippen LogP) is 2.87. The third kappa shape index (κ3) is 2.15. The summed E-state index contributed by atoms with van der Waals surface area (Å²) in [5.41, 5.74) is 9.47. The molecule has 17 heavy (non-hydrogen) atoms. The number of benzene rings is 1. The first-order chi connectivity index (χ1) is 8.00. The average molecular weight is 231 g/mol. The van der Waals surface area contributed by atoms with Gasteiger partial charge in [-0.15, -0.1) is 0 Å². The molecule has 0 fully saturated rings. The number of nitrogens with zero attached hydrogens (tertiary/aromatic N) is 2. The van der Waals surface area contributed by atoms with Gasteiger partial charge >= 0.3 is 0 Å². The van der Waals surface area contributed by atoms with Crippen molar-refractivity contribution in [1.82, 2.24) is 9.47 Å². The first kappa shape index (κ1) is 12.0. The van der Waals surface area contributed by atoms with Gasteiger partial charge < -0.3 is 15.2 Å². The number of fused-ring (bicyclic) bond motifs is 1. The highest BCUT2D eigenvalue weighted by atomic mass is 15.1. The summed E-state index contributed by atoms with van der Waals surface area (Å²) in [6.45, 7) is 5.32. The number of nitrogens with two attached hydrogens (primary N) is 1. The first-order valence-corrected chi connectivity index (χ1v) is 6.03. The summed E-state index contributed by atoms with van der Waals surface area (Å²) in [5, 5.41) is 1.27. The summed E-state index contributed by atoms with van der Waals surface area (Å²) in [7, 11) is 4.18. The van der Waals surface area contributed by atoms with Crippen LogP contribution in [0.3, 0.4) is 0 Å². The second kappa shape index (κ2) is 4.41. The molecule has 0 spiro atoms. The lowest BCUT2D eigenvalue weighted by Crippen LogP contribution is -2.10. The molecule has 0 aliphatic heterocycles. The third-order valence-corrected chi connectivity index (χ3v) is 3.01. The highest BCUT2D eigenvalue weighted by molar-refractivity contribution is 5.93. The molecule has 0 saturated heterocycles. The number of anilines is 1. The topological polar surface area (TPSA) is 34.2 Å². The van der Waals surface area contributed by atoms with Crippen molar-refractivity contribution in [3.63, 3.8) is 0 Å². The van der Waals surface area contributed by atoms with Crippen LogP contribution in [0.2, 0.25) is 0 Å². The second-order valence-electron chi connectivity index (χ2n) is 5.14. The summed E-state index contributed by atoms with van der Waals surface area (Å²) >= 11 is 0. The number of nitrogen functional groups attached to an aromatic ring is 1. The Bertz CT molecular complexity index is 523. The lowest BCUT2D eigenvalue weighted by atomic mass is 10.1. The number of hydrogen-bond donors (Lipinski definition) is 1. The van der Waals surface area contributed by atoms with Crippen LogP contribution in [0.15, 0.2) is 24.4 Å². The van der Waals surface area contributed by atoms with Crippen LogP contribution in [0.4, 0.5) is 5.69 Å². The summed E-state index contributed by atoms with van der Waals surface area (Å²) in [6.07, 6.45) is 2.23. The predicted molar refractivity (Wildman–Crippen MR) is 74.1 cm³/mol.